The molecule has 0 amide bonds. The Morgan fingerprint density at radius 1 is 1.31 bits per heavy atom. The molecular formula is C13H14FNO. The summed E-state index contributed by atoms with van der Waals surface area (Å²) in [5.74, 6) is -0.713. The number of nitrogens with two attached hydrogens (primary N) is 1. The smallest absolute Gasteiger partial charge is 0.191 e. The molecule has 2 rings (SSSR count). The number of carbonyl (C=O) groups is 1. The Morgan fingerprint density at radius 2 is 2.12 bits per heavy atom. The third kappa shape index (κ3) is 2.13. The Kier molecular flexibility index (Phi) is 3.04. The predicted octanol–water partition coefficient (Wildman–Crippen LogP) is 3.09. The van der Waals surface area contributed by atoms with E-state index in [1.54, 1.807) is 0 Å². The molecule has 0 saturated carbocycles. The van der Waals surface area contributed by atoms with Crippen LogP contribution in [0.4, 0.5) is 10.1 Å². The Morgan fingerprint density at radius 3 is 2.81 bits per heavy atom. The SMILES string of the molecule is Nc1ccc(F)c(C(=O)C2=CCCCC2)c1. The molecule has 3 heteroatoms. The minimum atomic E-state index is -0.495. The van der Waals surface area contributed by atoms with E-state index in [0.29, 0.717) is 5.69 Å². The molecule has 0 saturated heterocycles. The van der Waals surface area contributed by atoms with E-state index < -0.39 is 5.82 Å². The Labute approximate surface area is 94.0 Å². The molecule has 0 bridgehead atoms. The van der Waals surface area contributed by atoms with Gasteiger partial charge >= 0.3 is 0 Å². The molecule has 84 valence electrons. The number of nitrogen functional groups attached to an aromatic ring is 1. The monoisotopic (exact) mass is 219 g/mol. The highest BCUT2D eigenvalue weighted by molar-refractivity contribution is 6.09. The van der Waals surface area contributed by atoms with Crippen molar-refractivity contribution in [3.63, 3.8) is 0 Å². The summed E-state index contributed by atoms with van der Waals surface area (Å²) in [7, 11) is 0. The maximum atomic E-state index is 13.5. The van der Waals surface area contributed by atoms with Gasteiger partial charge in [0, 0.05) is 5.69 Å². The van der Waals surface area contributed by atoms with E-state index >= 15 is 0 Å². The number of rotatable bonds is 2. The highest BCUT2D eigenvalue weighted by Crippen LogP contribution is 2.23. The average Bonchev–Trinajstić information content (AvgIpc) is 2.32. The first kappa shape index (κ1) is 10.9. The van der Waals surface area contributed by atoms with Gasteiger partial charge in [-0.3, -0.25) is 4.79 Å². The molecule has 1 aromatic rings. The summed E-state index contributed by atoms with van der Waals surface area (Å²) in [5.41, 5.74) is 6.78. The minimum Gasteiger partial charge on any atom is -0.399 e. The van der Waals surface area contributed by atoms with E-state index in [-0.39, 0.29) is 11.3 Å². The van der Waals surface area contributed by atoms with Gasteiger partial charge in [-0.25, -0.2) is 4.39 Å². The summed E-state index contributed by atoms with van der Waals surface area (Å²) in [6, 6.07) is 4.11. The van der Waals surface area contributed by atoms with Gasteiger partial charge in [0.1, 0.15) is 5.82 Å². The first-order chi connectivity index (χ1) is 7.68. The van der Waals surface area contributed by atoms with Crippen molar-refractivity contribution < 1.29 is 9.18 Å². The fourth-order valence-corrected chi connectivity index (χ4v) is 1.93. The largest absolute Gasteiger partial charge is 0.399 e. The van der Waals surface area contributed by atoms with Crippen LogP contribution in [0.5, 0.6) is 0 Å². The fourth-order valence-electron chi connectivity index (χ4n) is 1.93. The molecule has 2 nitrogen and oxygen atoms in total. The van der Waals surface area contributed by atoms with E-state index in [0.717, 1.165) is 31.3 Å². The average molecular weight is 219 g/mol. The molecule has 1 aromatic carbocycles. The fraction of sp³-hybridized carbons (Fsp3) is 0.308. The third-order valence-electron chi connectivity index (χ3n) is 2.82. The van der Waals surface area contributed by atoms with Crippen molar-refractivity contribution in [2.24, 2.45) is 0 Å². The molecule has 1 aliphatic rings. The van der Waals surface area contributed by atoms with Crippen molar-refractivity contribution in [2.45, 2.75) is 25.7 Å². The van der Waals surface area contributed by atoms with Gasteiger partial charge in [-0.1, -0.05) is 6.08 Å². The molecule has 0 spiro atoms. The highest BCUT2D eigenvalue weighted by atomic mass is 19.1. The van der Waals surface area contributed by atoms with E-state index in [9.17, 15) is 9.18 Å². The maximum absolute atomic E-state index is 13.5. The van der Waals surface area contributed by atoms with Crippen LogP contribution in [0, 0.1) is 5.82 Å². The van der Waals surface area contributed by atoms with Crippen LogP contribution >= 0.6 is 0 Å². The van der Waals surface area contributed by atoms with E-state index in [1.165, 1.54) is 18.2 Å². The van der Waals surface area contributed by atoms with Crippen LogP contribution in [-0.2, 0) is 0 Å². The van der Waals surface area contributed by atoms with Crippen LogP contribution < -0.4 is 5.73 Å². The molecule has 0 fully saturated rings. The normalized spacial score (nSPS) is 15.7. The first-order valence-corrected chi connectivity index (χ1v) is 5.47. The molecular weight excluding hydrogens is 205 g/mol. The second-order valence-electron chi connectivity index (χ2n) is 4.04. The third-order valence-corrected chi connectivity index (χ3v) is 2.82. The number of benzene rings is 1. The highest BCUT2D eigenvalue weighted by Gasteiger charge is 2.17. The van der Waals surface area contributed by atoms with Crippen molar-refractivity contribution in [3.8, 4) is 0 Å². The van der Waals surface area contributed by atoms with E-state index in [1.807, 2.05) is 6.08 Å². The zero-order chi connectivity index (χ0) is 11.5. The van der Waals surface area contributed by atoms with Gasteiger partial charge < -0.3 is 5.73 Å². The minimum absolute atomic E-state index is 0.0909. The number of carbonyl (C=O) groups excluding carboxylic acids is 1. The maximum Gasteiger partial charge on any atom is 0.191 e. The quantitative estimate of drug-likeness (QED) is 0.613. The molecule has 0 aliphatic heterocycles. The molecule has 0 radical (unpaired) electrons. The van der Waals surface area contributed by atoms with Crippen LogP contribution in [0.15, 0.2) is 29.8 Å². The van der Waals surface area contributed by atoms with Gasteiger partial charge in [0.25, 0.3) is 0 Å². The number of ketones is 1. The Balaban J connectivity index is 2.33. The number of anilines is 1. The van der Waals surface area contributed by atoms with Gasteiger partial charge in [-0.2, -0.15) is 0 Å². The lowest BCUT2D eigenvalue weighted by atomic mass is 9.93. The number of hydrogen-bond acceptors (Lipinski definition) is 2. The van der Waals surface area contributed by atoms with Gasteiger partial charge in [0.05, 0.1) is 5.56 Å². The lowest BCUT2D eigenvalue weighted by Crippen LogP contribution is -2.09. The van der Waals surface area contributed by atoms with Crippen molar-refractivity contribution in [3.05, 3.63) is 41.2 Å². The predicted molar refractivity (Wildman–Crippen MR) is 61.7 cm³/mol. The summed E-state index contributed by atoms with van der Waals surface area (Å²) in [6.07, 6.45) is 5.67. The van der Waals surface area contributed by atoms with Gasteiger partial charge in [-0.15, -0.1) is 0 Å². The molecule has 1 aliphatic carbocycles. The summed E-state index contributed by atoms with van der Waals surface area (Å²) >= 11 is 0. The summed E-state index contributed by atoms with van der Waals surface area (Å²) < 4.78 is 13.5. The lowest BCUT2D eigenvalue weighted by Gasteiger charge is -2.12. The zero-order valence-corrected chi connectivity index (χ0v) is 9.00. The van der Waals surface area contributed by atoms with Crippen molar-refractivity contribution in [1.29, 1.82) is 0 Å². The van der Waals surface area contributed by atoms with E-state index in [2.05, 4.69) is 0 Å². The molecule has 2 N–H and O–H groups in total. The van der Waals surface area contributed by atoms with Gasteiger partial charge in [0.2, 0.25) is 0 Å². The Bertz CT molecular complexity index is 451. The zero-order valence-electron chi connectivity index (χ0n) is 9.00. The number of hydrogen-bond donors (Lipinski definition) is 1. The first-order valence-electron chi connectivity index (χ1n) is 5.47. The summed E-state index contributed by atoms with van der Waals surface area (Å²) in [4.78, 5) is 12.0. The molecule has 0 aromatic heterocycles. The number of halogens is 1. The van der Waals surface area contributed by atoms with Crippen molar-refractivity contribution in [1.82, 2.24) is 0 Å². The van der Waals surface area contributed by atoms with Crippen molar-refractivity contribution >= 4 is 11.5 Å². The number of Topliss-reactive ketones (excluding diaryl/α,β-unsaturated/α-hetero) is 1. The topological polar surface area (TPSA) is 43.1 Å². The standard InChI is InChI=1S/C13H14FNO/c14-12-7-6-10(15)8-11(12)13(16)9-4-2-1-3-5-9/h4,6-8H,1-3,5,15H2. The van der Waals surface area contributed by atoms with Crippen LogP contribution in [0.1, 0.15) is 36.0 Å². The number of allylic oxidation sites excluding steroid dienone is 2. The van der Waals surface area contributed by atoms with Crippen LogP contribution in [-0.4, -0.2) is 5.78 Å². The van der Waals surface area contributed by atoms with Crippen LogP contribution in [0.25, 0.3) is 0 Å². The second kappa shape index (κ2) is 4.47. The summed E-state index contributed by atoms with van der Waals surface area (Å²) in [5, 5.41) is 0. The van der Waals surface area contributed by atoms with Crippen LogP contribution in [0.2, 0.25) is 0 Å². The lowest BCUT2D eigenvalue weighted by molar-refractivity contribution is 0.102. The van der Waals surface area contributed by atoms with Crippen LogP contribution in [0.3, 0.4) is 0 Å². The van der Waals surface area contributed by atoms with E-state index in [4.69, 9.17) is 5.73 Å². The van der Waals surface area contributed by atoms with Gasteiger partial charge in [0.15, 0.2) is 5.78 Å². The molecule has 0 atom stereocenters. The molecule has 0 unspecified atom stereocenters. The van der Waals surface area contributed by atoms with Gasteiger partial charge in [-0.05, 0) is 49.5 Å². The van der Waals surface area contributed by atoms with Crippen molar-refractivity contribution in [2.75, 3.05) is 5.73 Å². The molecule has 0 heterocycles. The summed E-state index contributed by atoms with van der Waals surface area (Å²) in [6.45, 7) is 0. The Hall–Kier alpha value is -1.64. The second-order valence-corrected chi connectivity index (χ2v) is 4.04. The molecule has 16 heavy (non-hydrogen) atoms.